The van der Waals surface area contributed by atoms with Crippen molar-refractivity contribution in [2.45, 2.75) is 13.0 Å². The minimum absolute atomic E-state index is 0.0113. The Morgan fingerprint density at radius 3 is 2.75 bits per heavy atom. The van der Waals surface area contributed by atoms with Crippen LogP contribution in [0.3, 0.4) is 0 Å². The maximum Gasteiger partial charge on any atom is 0.238 e. The fraction of sp³-hybridized carbons (Fsp3) is 0.267. The van der Waals surface area contributed by atoms with Crippen LogP contribution < -0.4 is 5.32 Å². The van der Waals surface area contributed by atoms with Crippen LogP contribution >= 0.6 is 27.3 Å². The fourth-order valence-electron chi connectivity index (χ4n) is 1.86. The Kier molecular flexibility index (Phi) is 5.34. The number of anilines is 1. The number of nitrogens with one attached hydrogen (secondary N) is 1. The van der Waals surface area contributed by atoms with E-state index >= 15 is 0 Å². The molecule has 1 heterocycles. The molecule has 0 radical (unpaired) electrons. The Hall–Kier alpha value is -1.17. The van der Waals surface area contributed by atoms with Gasteiger partial charge in [-0.05, 0) is 53.5 Å². The zero-order valence-corrected chi connectivity index (χ0v) is 13.9. The van der Waals surface area contributed by atoms with Gasteiger partial charge in [-0.15, -0.1) is 11.3 Å². The first-order chi connectivity index (χ1) is 9.58. The molecule has 106 valence electrons. The van der Waals surface area contributed by atoms with Crippen LogP contribution in [0.15, 0.2) is 46.3 Å². The van der Waals surface area contributed by atoms with Crippen LogP contribution in [-0.2, 0) is 4.79 Å². The second kappa shape index (κ2) is 7.02. The molecule has 0 aliphatic carbocycles. The molecule has 0 aliphatic rings. The number of hydrogen-bond donors (Lipinski definition) is 1. The maximum atomic E-state index is 12.1. The van der Waals surface area contributed by atoms with Gasteiger partial charge in [-0.2, -0.15) is 0 Å². The average molecular weight is 353 g/mol. The van der Waals surface area contributed by atoms with E-state index in [2.05, 4.69) is 39.6 Å². The Labute approximate surface area is 131 Å². The molecule has 2 rings (SSSR count). The third kappa shape index (κ3) is 3.91. The number of amides is 1. The van der Waals surface area contributed by atoms with Crippen LogP contribution in [0.4, 0.5) is 5.69 Å². The van der Waals surface area contributed by atoms with E-state index in [0.29, 0.717) is 6.54 Å². The van der Waals surface area contributed by atoms with Crippen LogP contribution in [0, 0.1) is 0 Å². The second-order valence-corrected chi connectivity index (χ2v) is 6.47. The van der Waals surface area contributed by atoms with E-state index in [1.165, 1.54) is 4.88 Å². The summed E-state index contributed by atoms with van der Waals surface area (Å²) in [6.07, 6.45) is 0. The summed E-state index contributed by atoms with van der Waals surface area (Å²) in [4.78, 5) is 15.4. The van der Waals surface area contributed by atoms with Gasteiger partial charge in [-0.1, -0.05) is 18.2 Å². The highest BCUT2D eigenvalue weighted by Crippen LogP contribution is 2.24. The van der Waals surface area contributed by atoms with E-state index in [1.807, 2.05) is 42.3 Å². The number of hydrogen-bond acceptors (Lipinski definition) is 3. The van der Waals surface area contributed by atoms with Crippen LogP contribution in [0.1, 0.15) is 17.8 Å². The van der Waals surface area contributed by atoms with E-state index in [1.54, 1.807) is 11.3 Å². The molecule has 1 unspecified atom stereocenters. The zero-order chi connectivity index (χ0) is 14.5. The molecule has 1 aromatic heterocycles. The number of carbonyl (C=O) groups excluding carboxylic acids is 1. The zero-order valence-electron chi connectivity index (χ0n) is 11.5. The van der Waals surface area contributed by atoms with Crippen molar-refractivity contribution in [2.24, 2.45) is 0 Å². The molecule has 0 saturated carbocycles. The van der Waals surface area contributed by atoms with Gasteiger partial charge in [-0.3, -0.25) is 9.69 Å². The number of nitrogens with zero attached hydrogens (tertiary/aromatic N) is 1. The topological polar surface area (TPSA) is 32.3 Å². The molecule has 20 heavy (non-hydrogen) atoms. The molecule has 2 aromatic rings. The Balaban J connectivity index is 1.93. The highest BCUT2D eigenvalue weighted by Gasteiger charge is 2.16. The minimum atomic E-state index is -0.0113. The molecule has 5 heteroatoms. The van der Waals surface area contributed by atoms with Crippen molar-refractivity contribution in [1.82, 2.24) is 4.90 Å². The van der Waals surface area contributed by atoms with Crippen molar-refractivity contribution >= 4 is 38.9 Å². The van der Waals surface area contributed by atoms with Gasteiger partial charge in [0.2, 0.25) is 5.91 Å². The van der Waals surface area contributed by atoms with Gasteiger partial charge in [0.15, 0.2) is 0 Å². The van der Waals surface area contributed by atoms with Gasteiger partial charge in [0.25, 0.3) is 0 Å². The van der Waals surface area contributed by atoms with Gasteiger partial charge in [-0.25, -0.2) is 0 Å². The first-order valence-electron chi connectivity index (χ1n) is 6.36. The summed E-state index contributed by atoms with van der Waals surface area (Å²) >= 11 is 5.14. The fourth-order valence-corrected chi connectivity index (χ4v) is 3.09. The largest absolute Gasteiger partial charge is 0.324 e. The number of rotatable bonds is 5. The van der Waals surface area contributed by atoms with E-state index in [0.717, 1.165) is 10.2 Å². The number of benzene rings is 1. The van der Waals surface area contributed by atoms with Crippen LogP contribution in [0.25, 0.3) is 0 Å². The van der Waals surface area contributed by atoms with E-state index < -0.39 is 0 Å². The summed E-state index contributed by atoms with van der Waals surface area (Å²) in [5.41, 5.74) is 0.801. The summed E-state index contributed by atoms with van der Waals surface area (Å²) in [6, 6.07) is 12.0. The van der Waals surface area contributed by atoms with Crippen LogP contribution in [-0.4, -0.2) is 24.4 Å². The third-order valence-corrected chi connectivity index (χ3v) is 4.89. The molecule has 0 spiro atoms. The van der Waals surface area contributed by atoms with E-state index in [9.17, 15) is 4.79 Å². The molecule has 1 atom stereocenters. The molecule has 1 N–H and O–H groups in total. The Morgan fingerprint density at radius 1 is 1.35 bits per heavy atom. The van der Waals surface area contributed by atoms with Crippen molar-refractivity contribution in [3.8, 4) is 0 Å². The smallest absolute Gasteiger partial charge is 0.238 e. The first-order valence-corrected chi connectivity index (χ1v) is 8.03. The molecular formula is C15H17BrN2OS. The summed E-state index contributed by atoms with van der Waals surface area (Å²) in [7, 11) is 1.96. The van der Waals surface area contributed by atoms with Crippen molar-refractivity contribution in [1.29, 1.82) is 0 Å². The molecule has 0 aliphatic heterocycles. The number of likely N-dealkylation sites (N-methyl/N-ethyl adjacent to an activating group) is 1. The summed E-state index contributed by atoms with van der Waals surface area (Å²) in [6.45, 7) is 2.47. The number of para-hydroxylation sites is 1. The number of carbonyl (C=O) groups is 1. The second-order valence-electron chi connectivity index (χ2n) is 4.63. The van der Waals surface area contributed by atoms with Crippen molar-refractivity contribution < 1.29 is 4.79 Å². The van der Waals surface area contributed by atoms with Crippen molar-refractivity contribution in [2.75, 3.05) is 18.9 Å². The lowest BCUT2D eigenvalue weighted by Gasteiger charge is -2.23. The molecule has 3 nitrogen and oxygen atoms in total. The lowest BCUT2D eigenvalue weighted by molar-refractivity contribution is -0.117. The Bertz CT molecular complexity index is 571. The monoisotopic (exact) mass is 352 g/mol. The summed E-state index contributed by atoms with van der Waals surface area (Å²) < 4.78 is 0.891. The summed E-state index contributed by atoms with van der Waals surface area (Å²) in [5, 5.41) is 4.97. The first kappa shape index (κ1) is 15.2. The van der Waals surface area contributed by atoms with E-state index in [-0.39, 0.29) is 11.9 Å². The van der Waals surface area contributed by atoms with Gasteiger partial charge in [0.05, 0.1) is 12.2 Å². The predicted octanol–water partition coefficient (Wildman–Crippen LogP) is 4.14. The molecule has 1 amide bonds. The lowest BCUT2D eigenvalue weighted by Crippen LogP contribution is -2.32. The number of thiophene rings is 1. The standard InChI is InChI=1S/C15H17BrN2OS/c1-11(14-8-5-9-20-14)18(2)10-15(19)17-13-7-4-3-6-12(13)16/h3-9,11H,10H2,1-2H3,(H,17,19). The summed E-state index contributed by atoms with van der Waals surface area (Å²) in [5.74, 6) is -0.0113. The lowest BCUT2D eigenvalue weighted by atomic mass is 10.2. The molecule has 0 bridgehead atoms. The average Bonchev–Trinajstić information content (AvgIpc) is 2.94. The van der Waals surface area contributed by atoms with Gasteiger partial charge in [0.1, 0.15) is 0 Å². The SMILES string of the molecule is CC(c1cccs1)N(C)CC(=O)Nc1ccccc1Br. The highest BCUT2D eigenvalue weighted by atomic mass is 79.9. The molecule has 1 aromatic carbocycles. The quantitative estimate of drug-likeness (QED) is 0.876. The Morgan fingerprint density at radius 2 is 2.10 bits per heavy atom. The van der Waals surface area contributed by atoms with Crippen molar-refractivity contribution in [3.63, 3.8) is 0 Å². The van der Waals surface area contributed by atoms with E-state index in [4.69, 9.17) is 0 Å². The highest BCUT2D eigenvalue weighted by molar-refractivity contribution is 9.10. The van der Waals surface area contributed by atoms with Gasteiger partial charge >= 0.3 is 0 Å². The minimum Gasteiger partial charge on any atom is -0.324 e. The molecule has 0 fully saturated rings. The predicted molar refractivity (Wildman–Crippen MR) is 88.1 cm³/mol. The molecular weight excluding hydrogens is 336 g/mol. The molecule has 0 saturated heterocycles. The van der Waals surface area contributed by atoms with Crippen molar-refractivity contribution in [3.05, 3.63) is 51.1 Å². The normalized spacial score (nSPS) is 12.4. The maximum absolute atomic E-state index is 12.1. The number of halogens is 1. The van der Waals surface area contributed by atoms with Gasteiger partial charge < -0.3 is 5.32 Å². The van der Waals surface area contributed by atoms with Crippen LogP contribution in [0.5, 0.6) is 0 Å². The third-order valence-electron chi connectivity index (χ3n) is 3.16. The van der Waals surface area contributed by atoms with Crippen LogP contribution in [0.2, 0.25) is 0 Å². The van der Waals surface area contributed by atoms with Gasteiger partial charge in [0, 0.05) is 15.4 Å².